The summed E-state index contributed by atoms with van der Waals surface area (Å²) in [5, 5.41) is 14.8. The molecule has 0 unspecified atom stereocenters. The van der Waals surface area contributed by atoms with Crippen molar-refractivity contribution in [2.24, 2.45) is 17.8 Å². The van der Waals surface area contributed by atoms with Gasteiger partial charge in [-0.3, -0.25) is 4.79 Å². The van der Waals surface area contributed by atoms with E-state index in [1.165, 1.54) is 11.3 Å². The van der Waals surface area contributed by atoms with Gasteiger partial charge in [-0.2, -0.15) is 0 Å². The lowest BCUT2D eigenvalue weighted by atomic mass is 9.78. The molecule has 2 aliphatic rings. The minimum Gasteiger partial charge on any atom is -0.550 e. The first-order valence-electron chi connectivity index (χ1n) is 10.1. The van der Waals surface area contributed by atoms with Crippen molar-refractivity contribution in [1.29, 1.82) is 0 Å². The molecule has 0 saturated heterocycles. The number of amides is 1. The Morgan fingerprint density at radius 1 is 1.14 bits per heavy atom. The second kappa shape index (κ2) is 8.64. The topological polar surface area (TPSA) is 95.5 Å². The number of carbonyl (C=O) groups excluding carboxylic acids is 3. The summed E-state index contributed by atoms with van der Waals surface area (Å²) in [6, 6.07) is 0. The molecule has 7 heteroatoms. The fourth-order valence-corrected chi connectivity index (χ4v) is 5.66. The summed E-state index contributed by atoms with van der Waals surface area (Å²) in [7, 11) is 0. The Balaban J connectivity index is 1.89. The number of anilines is 1. The third kappa shape index (κ3) is 4.40. The first-order chi connectivity index (χ1) is 13.3. The SMILES string of the molecule is CC(C)OC(=O)c1c(NC(=O)[C@H]2CCCC[C@@H]2C(=O)[O-])sc2c1CC[C@H](C)C2. The normalized spacial score (nSPS) is 24.5. The number of carbonyl (C=O) groups is 3. The Kier molecular flexibility index (Phi) is 6.43. The molecule has 0 spiro atoms. The number of hydrogen-bond acceptors (Lipinski definition) is 6. The van der Waals surface area contributed by atoms with Crippen LogP contribution in [0.3, 0.4) is 0 Å². The van der Waals surface area contributed by atoms with E-state index in [1.54, 1.807) is 13.8 Å². The molecule has 1 aromatic heterocycles. The molecule has 0 aromatic carbocycles. The molecule has 1 fully saturated rings. The van der Waals surface area contributed by atoms with Crippen LogP contribution in [-0.2, 0) is 27.2 Å². The maximum Gasteiger partial charge on any atom is 0.341 e. The number of aliphatic carboxylic acids is 1. The number of fused-ring (bicyclic) bond motifs is 1. The largest absolute Gasteiger partial charge is 0.550 e. The predicted molar refractivity (Wildman–Crippen MR) is 105 cm³/mol. The van der Waals surface area contributed by atoms with Gasteiger partial charge in [0.1, 0.15) is 5.00 Å². The Bertz CT molecular complexity index is 769. The van der Waals surface area contributed by atoms with E-state index >= 15 is 0 Å². The molecule has 1 N–H and O–H groups in total. The minimum absolute atomic E-state index is 0.255. The summed E-state index contributed by atoms with van der Waals surface area (Å²) in [6.07, 6.45) is 5.00. The monoisotopic (exact) mass is 406 g/mol. The van der Waals surface area contributed by atoms with Crippen LogP contribution in [0.2, 0.25) is 0 Å². The molecule has 1 amide bonds. The van der Waals surface area contributed by atoms with Crippen LogP contribution in [-0.4, -0.2) is 23.9 Å². The van der Waals surface area contributed by atoms with Crippen LogP contribution in [0.25, 0.3) is 0 Å². The summed E-state index contributed by atoms with van der Waals surface area (Å²) in [5.74, 6) is -2.78. The van der Waals surface area contributed by atoms with Gasteiger partial charge in [-0.25, -0.2) is 4.79 Å². The summed E-state index contributed by atoms with van der Waals surface area (Å²) >= 11 is 1.43. The molecular weight excluding hydrogens is 378 g/mol. The number of esters is 1. The maximum atomic E-state index is 12.9. The van der Waals surface area contributed by atoms with Gasteiger partial charge in [-0.1, -0.05) is 19.8 Å². The fraction of sp³-hybridized carbons (Fsp3) is 0.667. The summed E-state index contributed by atoms with van der Waals surface area (Å²) in [5.41, 5.74) is 1.43. The summed E-state index contributed by atoms with van der Waals surface area (Å²) in [6.45, 7) is 5.77. The van der Waals surface area contributed by atoms with Crippen LogP contribution >= 0.6 is 11.3 Å². The first kappa shape index (κ1) is 20.8. The number of rotatable bonds is 5. The lowest BCUT2D eigenvalue weighted by Gasteiger charge is -2.31. The van der Waals surface area contributed by atoms with Crippen molar-refractivity contribution in [3.63, 3.8) is 0 Å². The highest BCUT2D eigenvalue weighted by molar-refractivity contribution is 7.17. The van der Waals surface area contributed by atoms with Gasteiger partial charge >= 0.3 is 5.97 Å². The zero-order valence-corrected chi connectivity index (χ0v) is 17.5. The van der Waals surface area contributed by atoms with Crippen molar-refractivity contribution < 1.29 is 24.2 Å². The van der Waals surface area contributed by atoms with Crippen molar-refractivity contribution >= 4 is 34.2 Å². The lowest BCUT2D eigenvalue weighted by molar-refractivity contribution is -0.313. The highest BCUT2D eigenvalue weighted by Gasteiger charge is 2.34. The quantitative estimate of drug-likeness (QED) is 0.759. The van der Waals surface area contributed by atoms with Gasteiger partial charge in [0.2, 0.25) is 5.91 Å². The maximum absolute atomic E-state index is 12.9. The third-order valence-electron chi connectivity index (χ3n) is 5.70. The molecular formula is C21H28NO5S-. The Labute approximate surface area is 169 Å². The lowest BCUT2D eigenvalue weighted by Crippen LogP contribution is -2.42. The minimum atomic E-state index is -1.17. The number of nitrogens with one attached hydrogen (secondary N) is 1. The first-order valence-corrected chi connectivity index (χ1v) is 11.0. The van der Waals surface area contributed by atoms with E-state index < -0.39 is 23.8 Å². The average molecular weight is 407 g/mol. The molecule has 1 heterocycles. The molecule has 0 bridgehead atoms. The Morgan fingerprint density at radius 2 is 1.82 bits per heavy atom. The van der Waals surface area contributed by atoms with Crippen LogP contribution in [0.5, 0.6) is 0 Å². The van der Waals surface area contributed by atoms with Crippen molar-refractivity contribution in [2.45, 2.75) is 71.8 Å². The molecule has 154 valence electrons. The van der Waals surface area contributed by atoms with Crippen LogP contribution in [0.1, 0.15) is 73.7 Å². The van der Waals surface area contributed by atoms with E-state index in [9.17, 15) is 19.5 Å². The zero-order valence-electron chi connectivity index (χ0n) is 16.7. The van der Waals surface area contributed by atoms with Crippen LogP contribution < -0.4 is 10.4 Å². The standard InChI is InChI=1S/C21H29NO5S/c1-11(2)27-21(26)17-15-9-8-12(3)10-16(15)28-19(17)22-18(23)13-6-4-5-7-14(13)20(24)25/h11-14H,4-10H2,1-3H3,(H,22,23)(H,24,25)/p-1/t12-,13-,14-/m0/s1. The van der Waals surface area contributed by atoms with Crippen LogP contribution in [0.15, 0.2) is 0 Å². The van der Waals surface area contributed by atoms with Gasteiger partial charge in [0.25, 0.3) is 0 Å². The number of carboxylic acids is 1. The molecule has 1 saturated carbocycles. The highest BCUT2D eigenvalue weighted by atomic mass is 32.1. The number of ether oxygens (including phenoxy) is 1. The summed E-state index contributed by atoms with van der Waals surface area (Å²) < 4.78 is 5.43. The van der Waals surface area contributed by atoms with E-state index in [0.29, 0.717) is 29.3 Å². The molecule has 3 atom stereocenters. The molecule has 0 radical (unpaired) electrons. The van der Waals surface area contributed by atoms with Gasteiger partial charge in [-0.05, 0) is 57.4 Å². The second-order valence-corrected chi connectivity index (χ2v) is 9.42. The smallest absolute Gasteiger partial charge is 0.341 e. The molecule has 0 aliphatic heterocycles. The van der Waals surface area contributed by atoms with E-state index in [-0.39, 0.29) is 12.0 Å². The molecule has 28 heavy (non-hydrogen) atoms. The predicted octanol–water partition coefficient (Wildman–Crippen LogP) is 2.93. The number of carboxylic acid groups (broad SMARTS) is 1. The van der Waals surface area contributed by atoms with Gasteiger partial charge in [-0.15, -0.1) is 11.3 Å². The van der Waals surface area contributed by atoms with Crippen molar-refractivity contribution in [3.05, 3.63) is 16.0 Å². The van der Waals surface area contributed by atoms with Gasteiger partial charge in [0.15, 0.2) is 0 Å². The number of thiophene rings is 1. The van der Waals surface area contributed by atoms with E-state index in [2.05, 4.69) is 12.2 Å². The van der Waals surface area contributed by atoms with Crippen molar-refractivity contribution in [3.8, 4) is 0 Å². The second-order valence-electron chi connectivity index (χ2n) is 8.32. The number of hydrogen-bond donors (Lipinski definition) is 1. The Morgan fingerprint density at radius 3 is 2.46 bits per heavy atom. The third-order valence-corrected chi connectivity index (χ3v) is 6.87. The van der Waals surface area contributed by atoms with Crippen molar-refractivity contribution in [2.75, 3.05) is 5.32 Å². The van der Waals surface area contributed by atoms with E-state index in [1.807, 2.05) is 0 Å². The van der Waals surface area contributed by atoms with Gasteiger partial charge < -0.3 is 20.0 Å². The van der Waals surface area contributed by atoms with E-state index in [0.717, 1.165) is 42.5 Å². The zero-order chi connectivity index (χ0) is 20.4. The average Bonchev–Trinajstić information content (AvgIpc) is 2.97. The van der Waals surface area contributed by atoms with Crippen molar-refractivity contribution in [1.82, 2.24) is 0 Å². The Hall–Kier alpha value is -1.89. The molecule has 2 aliphatic carbocycles. The van der Waals surface area contributed by atoms with Crippen LogP contribution in [0, 0.1) is 17.8 Å². The molecule has 3 rings (SSSR count). The van der Waals surface area contributed by atoms with Gasteiger partial charge in [0.05, 0.1) is 11.7 Å². The van der Waals surface area contributed by atoms with Gasteiger partial charge in [0, 0.05) is 22.7 Å². The molecule has 1 aromatic rings. The molecule has 6 nitrogen and oxygen atoms in total. The fourth-order valence-electron chi connectivity index (χ4n) is 4.26. The highest BCUT2D eigenvalue weighted by Crippen LogP contribution is 2.41. The van der Waals surface area contributed by atoms with Crippen LogP contribution in [0.4, 0.5) is 5.00 Å². The van der Waals surface area contributed by atoms with E-state index in [4.69, 9.17) is 4.74 Å². The summed E-state index contributed by atoms with van der Waals surface area (Å²) in [4.78, 5) is 38.2.